The molecule has 0 bridgehead atoms. The zero-order chi connectivity index (χ0) is 27.4. The van der Waals surface area contributed by atoms with E-state index in [4.69, 9.17) is 28.1 Å². The maximum atomic E-state index is 13.4. The molecule has 0 amide bonds. The van der Waals surface area contributed by atoms with E-state index >= 15 is 0 Å². The van der Waals surface area contributed by atoms with E-state index in [-0.39, 0.29) is 49.0 Å². The summed E-state index contributed by atoms with van der Waals surface area (Å²) in [6.07, 6.45) is -2.19. The minimum absolute atomic E-state index is 0.128. The lowest BCUT2D eigenvalue weighted by molar-refractivity contribution is -0.139. The number of esters is 1. The molecule has 2 aromatic heterocycles. The molecule has 12 heteroatoms. The second-order valence-corrected chi connectivity index (χ2v) is 7.61. The van der Waals surface area contributed by atoms with E-state index < -0.39 is 23.3 Å². The summed E-state index contributed by atoms with van der Waals surface area (Å²) in [6.45, 7) is 5.45. The largest absolute Gasteiger partial charge is 0.475 e. The second kappa shape index (κ2) is 14.3. The van der Waals surface area contributed by atoms with Crippen molar-refractivity contribution in [3.8, 4) is 17.0 Å². The number of hydrogen-bond acceptors (Lipinski definition) is 9. The number of carbonyl (C=O) groups excluding carboxylic acids is 1. The Bertz CT molecular complexity index is 1280. The first kappa shape index (κ1) is 28.8. The summed E-state index contributed by atoms with van der Waals surface area (Å²) in [5.74, 6) is -0.336. The van der Waals surface area contributed by atoms with Crippen molar-refractivity contribution in [2.24, 2.45) is 0 Å². The number of alkyl halides is 3. The number of hydrogen-bond donors (Lipinski definition) is 0. The highest BCUT2D eigenvalue weighted by atomic mass is 19.4. The van der Waals surface area contributed by atoms with Crippen molar-refractivity contribution < 1.29 is 46.1 Å². The molecule has 38 heavy (non-hydrogen) atoms. The lowest BCUT2D eigenvalue weighted by Gasteiger charge is -2.12. The van der Waals surface area contributed by atoms with Crippen molar-refractivity contribution in [2.75, 3.05) is 52.9 Å². The molecule has 0 fully saturated rings. The van der Waals surface area contributed by atoms with Crippen LogP contribution >= 0.6 is 0 Å². The predicted molar refractivity (Wildman–Crippen MR) is 130 cm³/mol. The smallest absolute Gasteiger partial charge is 0.417 e. The Hall–Kier alpha value is -3.74. The van der Waals surface area contributed by atoms with E-state index in [2.05, 4.69) is 11.6 Å². The fourth-order valence-electron chi connectivity index (χ4n) is 3.23. The third-order valence-electron chi connectivity index (χ3n) is 4.98. The van der Waals surface area contributed by atoms with Crippen LogP contribution in [0.2, 0.25) is 0 Å². The SMILES string of the molecule is C=CC(=O)OCCOCCOCCOCCOc1cc2oc(=O)c(-c3ccccc3C(F)(F)F)cc2cn1. The molecule has 3 rings (SSSR count). The van der Waals surface area contributed by atoms with Crippen molar-refractivity contribution in [2.45, 2.75) is 6.18 Å². The first-order chi connectivity index (χ1) is 18.3. The topological polar surface area (TPSA) is 106 Å². The van der Waals surface area contributed by atoms with E-state index in [1.807, 2.05) is 0 Å². The molecule has 0 aliphatic rings. The molecular weight excluding hydrogens is 511 g/mol. The fraction of sp³-hybridized carbons (Fsp3) is 0.346. The average molecular weight is 537 g/mol. The molecule has 0 radical (unpaired) electrons. The summed E-state index contributed by atoms with van der Waals surface area (Å²) in [4.78, 5) is 27.4. The Balaban J connectivity index is 1.40. The highest BCUT2D eigenvalue weighted by molar-refractivity contribution is 5.82. The molecule has 1 aromatic carbocycles. The van der Waals surface area contributed by atoms with Gasteiger partial charge in [-0.25, -0.2) is 14.6 Å². The van der Waals surface area contributed by atoms with Crippen molar-refractivity contribution in [1.29, 1.82) is 0 Å². The van der Waals surface area contributed by atoms with Gasteiger partial charge in [0.05, 0.1) is 50.8 Å². The average Bonchev–Trinajstić information content (AvgIpc) is 2.90. The molecule has 0 aliphatic heterocycles. The van der Waals surface area contributed by atoms with Gasteiger partial charge in [-0.1, -0.05) is 24.8 Å². The lowest BCUT2D eigenvalue weighted by Crippen LogP contribution is -2.14. The van der Waals surface area contributed by atoms with Gasteiger partial charge in [-0.15, -0.1) is 0 Å². The fourth-order valence-corrected chi connectivity index (χ4v) is 3.23. The number of carbonyl (C=O) groups is 1. The van der Waals surface area contributed by atoms with E-state index in [0.717, 1.165) is 12.1 Å². The number of ether oxygens (including phenoxy) is 5. The number of halogens is 3. The van der Waals surface area contributed by atoms with Crippen LogP contribution in [0.1, 0.15) is 5.56 Å². The maximum absolute atomic E-state index is 13.4. The monoisotopic (exact) mass is 537 g/mol. The minimum Gasteiger partial charge on any atom is -0.475 e. The lowest BCUT2D eigenvalue weighted by atomic mass is 10.00. The summed E-state index contributed by atoms with van der Waals surface area (Å²) in [7, 11) is 0. The van der Waals surface area contributed by atoms with Gasteiger partial charge in [0.25, 0.3) is 0 Å². The summed E-state index contributed by atoms with van der Waals surface area (Å²) in [5, 5.41) is 0.346. The highest BCUT2D eigenvalue weighted by Crippen LogP contribution is 2.36. The molecule has 204 valence electrons. The molecule has 0 unspecified atom stereocenters. The van der Waals surface area contributed by atoms with Crippen LogP contribution in [0.3, 0.4) is 0 Å². The molecule has 3 aromatic rings. The quantitative estimate of drug-likeness (QED) is 0.161. The van der Waals surface area contributed by atoms with Gasteiger partial charge in [0.2, 0.25) is 5.88 Å². The highest BCUT2D eigenvalue weighted by Gasteiger charge is 2.34. The first-order valence-corrected chi connectivity index (χ1v) is 11.6. The summed E-state index contributed by atoms with van der Waals surface area (Å²) in [5.41, 5.74) is -2.19. The van der Waals surface area contributed by atoms with Gasteiger partial charge in [0.15, 0.2) is 0 Å². The third kappa shape index (κ3) is 8.68. The molecule has 2 heterocycles. The maximum Gasteiger partial charge on any atom is 0.417 e. The molecule has 0 saturated carbocycles. The Morgan fingerprint density at radius 2 is 1.55 bits per heavy atom. The Kier molecular flexibility index (Phi) is 10.8. The van der Waals surface area contributed by atoms with Gasteiger partial charge in [-0.3, -0.25) is 0 Å². The van der Waals surface area contributed by atoms with Crippen molar-refractivity contribution in [3.63, 3.8) is 0 Å². The van der Waals surface area contributed by atoms with Gasteiger partial charge in [0, 0.05) is 29.3 Å². The molecule has 0 aliphatic carbocycles. The predicted octanol–water partition coefficient (Wildman–Crippen LogP) is 4.03. The molecule has 0 saturated heterocycles. The van der Waals surface area contributed by atoms with Crippen LogP contribution in [-0.2, 0) is 29.9 Å². The first-order valence-electron chi connectivity index (χ1n) is 11.6. The second-order valence-electron chi connectivity index (χ2n) is 7.61. The third-order valence-corrected chi connectivity index (χ3v) is 4.98. The van der Waals surface area contributed by atoms with Crippen LogP contribution in [0.25, 0.3) is 22.1 Å². The van der Waals surface area contributed by atoms with Gasteiger partial charge >= 0.3 is 17.8 Å². The zero-order valence-electron chi connectivity index (χ0n) is 20.3. The molecular formula is C26H26F3NO8. The van der Waals surface area contributed by atoms with Crippen LogP contribution in [-0.4, -0.2) is 63.8 Å². The minimum atomic E-state index is -4.62. The molecule has 0 N–H and O–H groups in total. The van der Waals surface area contributed by atoms with Crippen molar-refractivity contribution >= 4 is 16.9 Å². The van der Waals surface area contributed by atoms with E-state index in [9.17, 15) is 22.8 Å². The van der Waals surface area contributed by atoms with Crippen molar-refractivity contribution in [1.82, 2.24) is 4.98 Å². The molecule has 0 spiro atoms. The summed E-state index contributed by atoms with van der Waals surface area (Å²) >= 11 is 0. The summed E-state index contributed by atoms with van der Waals surface area (Å²) < 4.78 is 71.6. The number of benzene rings is 1. The zero-order valence-corrected chi connectivity index (χ0v) is 20.3. The van der Waals surface area contributed by atoms with Crippen LogP contribution in [0.5, 0.6) is 5.88 Å². The van der Waals surface area contributed by atoms with Crippen LogP contribution < -0.4 is 10.4 Å². The van der Waals surface area contributed by atoms with Gasteiger partial charge in [-0.2, -0.15) is 13.2 Å². The number of pyridine rings is 1. The van der Waals surface area contributed by atoms with E-state index in [0.29, 0.717) is 31.8 Å². The number of aromatic nitrogens is 1. The van der Waals surface area contributed by atoms with Crippen LogP contribution in [0, 0.1) is 0 Å². The van der Waals surface area contributed by atoms with Crippen LogP contribution in [0.4, 0.5) is 13.2 Å². The number of rotatable bonds is 15. The standard InChI is InChI=1S/C26H26F3NO8/c1-2-24(31)37-14-12-35-10-8-33-7-9-34-11-13-36-23-16-22-18(17-30-23)15-20(25(32)38-22)19-5-3-4-6-21(19)26(27,28)29/h2-6,15-17H,1,7-14H2. The van der Waals surface area contributed by atoms with Crippen molar-refractivity contribution in [3.05, 3.63) is 71.2 Å². The van der Waals surface area contributed by atoms with Gasteiger partial charge in [0.1, 0.15) is 18.8 Å². The number of fused-ring (bicyclic) bond motifs is 1. The number of nitrogens with zero attached hydrogens (tertiary/aromatic N) is 1. The van der Waals surface area contributed by atoms with Crippen LogP contribution in [0.15, 0.2) is 64.5 Å². The Labute approximate surface area is 215 Å². The van der Waals surface area contributed by atoms with Gasteiger partial charge < -0.3 is 28.1 Å². The summed E-state index contributed by atoms with van der Waals surface area (Å²) in [6, 6.07) is 7.50. The van der Waals surface area contributed by atoms with Gasteiger partial charge in [-0.05, 0) is 12.1 Å². The molecule has 0 atom stereocenters. The Morgan fingerprint density at radius 1 is 0.921 bits per heavy atom. The normalized spacial score (nSPS) is 11.4. The molecule has 9 nitrogen and oxygen atoms in total. The van der Waals surface area contributed by atoms with E-state index in [1.54, 1.807) is 0 Å². The van der Waals surface area contributed by atoms with E-state index in [1.165, 1.54) is 36.5 Å². The Morgan fingerprint density at radius 3 is 2.21 bits per heavy atom.